The molecule has 0 radical (unpaired) electrons. The molecule has 8 nitrogen and oxygen atoms in total. The van der Waals surface area contributed by atoms with Gasteiger partial charge in [-0.2, -0.15) is 0 Å². The van der Waals surface area contributed by atoms with Crippen molar-refractivity contribution in [2.24, 2.45) is 4.99 Å². The molecule has 1 amide bonds. The third-order valence-electron chi connectivity index (χ3n) is 8.93. The van der Waals surface area contributed by atoms with E-state index in [9.17, 15) is 19.5 Å². The lowest BCUT2D eigenvalue weighted by atomic mass is 9.79. The van der Waals surface area contributed by atoms with E-state index in [0.29, 0.717) is 17.1 Å². The summed E-state index contributed by atoms with van der Waals surface area (Å²) >= 11 is 1.49. The Morgan fingerprint density at radius 2 is 1.64 bits per heavy atom. The van der Waals surface area contributed by atoms with Crippen molar-refractivity contribution in [2.75, 3.05) is 12.4 Å². The number of hydrogen-bond acceptors (Lipinski definition) is 8. The summed E-state index contributed by atoms with van der Waals surface area (Å²) in [7, 11) is 0. The minimum absolute atomic E-state index is 0.111. The normalized spacial score (nSPS) is 19.3. The van der Waals surface area contributed by atoms with Crippen LogP contribution in [0.4, 0.5) is 0 Å². The van der Waals surface area contributed by atoms with E-state index >= 15 is 0 Å². The van der Waals surface area contributed by atoms with Crippen LogP contribution in [0.3, 0.4) is 0 Å². The van der Waals surface area contributed by atoms with Crippen molar-refractivity contribution in [3.05, 3.63) is 111 Å². The van der Waals surface area contributed by atoms with E-state index in [1.807, 2.05) is 66.7 Å². The summed E-state index contributed by atoms with van der Waals surface area (Å²) in [5.74, 6) is -0.703. The number of benzene rings is 3. The molecule has 0 unspecified atom stereocenters. The van der Waals surface area contributed by atoms with Crippen LogP contribution in [0.15, 0.2) is 83.0 Å². The number of phenolic OH excluding ortho intramolecular Hbond substituents is 1. The van der Waals surface area contributed by atoms with Crippen LogP contribution in [0.2, 0.25) is 0 Å². The molecule has 0 saturated carbocycles. The molecule has 3 aromatic carbocycles. The lowest BCUT2D eigenvalue weighted by Crippen LogP contribution is -2.64. The third kappa shape index (κ3) is 6.59. The van der Waals surface area contributed by atoms with Gasteiger partial charge in [0, 0.05) is 30.0 Å². The first kappa shape index (κ1) is 32.6. The predicted octanol–water partition coefficient (Wildman–Crippen LogP) is 6.42. The lowest BCUT2D eigenvalue weighted by molar-refractivity contribution is -0.153. The molecule has 244 valence electrons. The van der Waals surface area contributed by atoms with Gasteiger partial charge in [-0.25, -0.2) is 4.79 Å². The monoisotopic (exact) mass is 652 g/mol. The van der Waals surface area contributed by atoms with Crippen molar-refractivity contribution in [3.63, 3.8) is 0 Å². The smallest absolute Gasteiger partial charge is 0.356 e. The van der Waals surface area contributed by atoms with E-state index in [-0.39, 0.29) is 23.6 Å². The van der Waals surface area contributed by atoms with Gasteiger partial charge >= 0.3 is 11.9 Å². The molecule has 1 saturated heterocycles. The van der Waals surface area contributed by atoms with E-state index in [4.69, 9.17) is 14.5 Å². The standard InChI is InChI=1S/C38H40N2O6S/c1-23(41)45-21-27-22-47-36-31(39-20-26-19-30(38(2,3)4)33(42)29-18-12-11-17-28(26)29)35(43)40(36)32(27)37(44)46-34(24-13-7-5-8-14-24)25-15-9-6-10-16-25/h5-10,13-16,19-20,31,34,36,42H,11-12,17-18,21-22H2,1-4H3/b39-20+/t31-,36-/m1/s1. The highest BCUT2D eigenvalue weighted by Gasteiger charge is 2.54. The third-order valence-corrected chi connectivity index (χ3v) is 10.3. The maximum absolute atomic E-state index is 14.1. The topological polar surface area (TPSA) is 106 Å². The fraction of sp³-hybridized carbons (Fsp3) is 0.368. The minimum Gasteiger partial charge on any atom is -0.507 e. The molecule has 47 heavy (non-hydrogen) atoms. The van der Waals surface area contributed by atoms with Gasteiger partial charge in [-0.05, 0) is 65.0 Å². The number of esters is 2. The number of carbonyl (C=O) groups excluding carboxylic acids is 3. The molecule has 0 bridgehead atoms. The SMILES string of the molecule is CC(=O)OCC1=C(C(=O)OC(c2ccccc2)c2ccccc2)N2C(=O)[C@@H](/N=C/c3cc(C(C)(C)C)c(O)c4c3CCCC4)[C@H]2SC1. The van der Waals surface area contributed by atoms with E-state index in [1.165, 1.54) is 23.6 Å². The van der Waals surface area contributed by atoms with E-state index in [1.54, 1.807) is 6.21 Å². The quantitative estimate of drug-likeness (QED) is 0.170. The number of hydrogen-bond donors (Lipinski definition) is 1. The van der Waals surface area contributed by atoms with Crippen LogP contribution in [0.5, 0.6) is 5.75 Å². The largest absolute Gasteiger partial charge is 0.507 e. The number of thioether (sulfide) groups is 1. The molecule has 1 fully saturated rings. The molecule has 3 aromatic rings. The Labute approximate surface area is 279 Å². The molecule has 1 aliphatic carbocycles. The number of aromatic hydroxyl groups is 1. The zero-order valence-electron chi connectivity index (χ0n) is 27.2. The fourth-order valence-electron chi connectivity index (χ4n) is 6.51. The van der Waals surface area contributed by atoms with Crippen LogP contribution in [-0.2, 0) is 42.1 Å². The number of fused-ring (bicyclic) bond motifs is 2. The van der Waals surface area contributed by atoms with Gasteiger partial charge < -0.3 is 14.6 Å². The average molecular weight is 653 g/mol. The van der Waals surface area contributed by atoms with Crippen LogP contribution in [0.1, 0.15) is 80.0 Å². The number of β-lactam (4-membered cyclic amide) rings is 1. The van der Waals surface area contributed by atoms with E-state index < -0.39 is 29.5 Å². The Hall–Kier alpha value is -4.37. The zero-order valence-corrected chi connectivity index (χ0v) is 28.0. The number of nitrogens with zero attached hydrogens (tertiary/aromatic N) is 2. The molecule has 1 N–H and O–H groups in total. The van der Waals surface area contributed by atoms with Crippen molar-refractivity contribution in [2.45, 2.75) is 76.3 Å². The first-order valence-electron chi connectivity index (χ1n) is 16.1. The first-order chi connectivity index (χ1) is 22.5. The van der Waals surface area contributed by atoms with Crippen LogP contribution in [-0.4, -0.2) is 57.8 Å². The maximum atomic E-state index is 14.1. The van der Waals surface area contributed by atoms with Gasteiger partial charge in [0.15, 0.2) is 12.1 Å². The van der Waals surface area contributed by atoms with Crippen LogP contribution >= 0.6 is 11.8 Å². The number of rotatable bonds is 8. The zero-order chi connectivity index (χ0) is 33.3. The van der Waals surface area contributed by atoms with Crippen molar-refractivity contribution in [3.8, 4) is 5.75 Å². The number of aliphatic imine (C=N–C) groups is 1. The average Bonchev–Trinajstić information content (AvgIpc) is 3.07. The summed E-state index contributed by atoms with van der Waals surface area (Å²) < 4.78 is 11.5. The number of phenols is 1. The van der Waals surface area contributed by atoms with Gasteiger partial charge in [0.25, 0.3) is 5.91 Å². The summed E-state index contributed by atoms with van der Waals surface area (Å²) in [5, 5.41) is 10.7. The summed E-state index contributed by atoms with van der Waals surface area (Å²) in [5.41, 5.74) is 5.80. The lowest BCUT2D eigenvalue weighted by Gasteiger charge is -2.48. The molecule has 2 aliphatic heterocycles. The van der Waals surface area contributed by atoms with Gasteiger partial charge in [0.2, 0.25) is 0 Å². The maximum Gasteiger partial charge on any atom is 0.356 e. The summed E-state index contributed by atoms with van der Waals surface area (Å²) in [4.78, 5) is 45.9. The van der Waals surface area contributed by atoms with Crippen molar-refractivity contribution in [1.29, 1.82) is 0 Å². The molecule has 9 heteroatoms. The molecular weight excluding hydrogens is 612 g/mol. The Kier molecular flexibility index (Phi) is 9.28. The van der Waals surface area contributed by atoms with E-state index in [0.717, 1.165) is 59.1 Å². The van der Waals surface area contributed by atoms with Crippen molar-refractivity contribution in [1.82, 2.24) is 4.90 Å². The van der Waals surface area contributed by atoms with Gasteiger partial charge in [-0.3, -0.25) is 19.5 Å². The van der Waals surface area contributed by atoms with Crippen molar-refractivity contribution >= 4 is 35.8 Å². The van der Waals surface area contributed by atoms with Crippen LogP contribution < -0.4 is 0 Å². The van der Waals surface area contributed by atoms with Crippen LogP contribution in [0.25, 0.3) is 0 Å². The predicted molar refractivity (Wildman–Crippen MR) is 182 cm³/mol. The molecule has 0 aromatic heterocycles. The second kappa shape index (κ2) is 13.4. The van der Waals surface area contributed by atoms with Crippen LogP contribution in [0, 0.1) is 0 Å². The van der Waals surface area contributed by atoms with Crippen molar-refractivity contribution < 1.29 is 29.0 Å². The molecule has 2 atom stereocenters. The highest BCUT2D eigenvalue weighted by molar-refractivity contribution is 8.00. The van der Waals surface area contributed by atoms with E-state index in [2.05, 4.69) is 20.8 Å². The van der Waals surface area contributed by atoms with Gasteiger partial charge in [0.1, 0.15) is 23.4 Å². The second-order valence-corrected chi connectivity index (χ2v) is 14.4. The second-order valence-electron chi connectivity index (χ2n) is 13.2. The molecule has 2 heterocycles. The summed E-state index contributed by atoms with van der Waals surface area (Å²) in [6, 6.07) is 20.2. The number of ether oxygens (including phenoxy) is 2. The highest BCUT2D eigenvalue weighted by atomic mass is 32.2. The van der Waals surface area contributed by atoms with Gasteiger partial charge in [-0.1, -0.05) is 81.4 Å². The molecular formula is C38H40N2O6S. The molecule has 0 spiro atoms. The first-order valence-corrected chi connectivity index (χ1v) is 17.1. The Morgan fingerprint density at radius 1 is 1.02 bits per heavy atom. The Morgan fingerprint density at radius 3 is 2.23 bits per heavy atom. The number of carbonyl (C=O) groups is 3. The highest BCUT2D eigenvalue weighted by Crippen LogP contribution is 2.44. The summed E-state index contributed by atoms with van der Waals surface area (Å²) in [6.07, 6.45) is 4.79. The summed E-state index contributed by atoms with van der Waals surface area (Å²) in [6.45, 7) is 7.42. The number of amides is 1. The molecule has 3 aliphatic rings. The van der Waals surface area contributed by atoms with Gasteiger partial charge in [0.05, 0.1) is 0 Å². The minimum atomic E-state index is -0.705. The Bertz CT molecular complexity index is 1710. The fourth-order valence-corrected chi connectivity index (χ4v) is 7.83. The Balaban J connectivity index is 1.31. The van der Waals surface area contributed by atoms with Gasteiger partial charge in [-0.15, -0.1) is 11.8 Å². The molecule has 6 rings (SSSR count).